The van der Waals surface area contributed by atoms with Crippen molar-refractivity contribution in [3.63, 3.8) is 0 Å². The first-order valence-corrected chi connectivity index (χ1v) is 6.55. The Morgan fingerprint density at radius 1 is 1.44 bits per heavy atom. The average Bonchev–Trinajstić information content (AvgIpc) is 2.71. The number of fused-ring (bicyclic) bond motifs is 1. The van der Waals surface area contributed by atoms with Crippen LogP contribution in [0.3, 0.4) is 0 Å². The van der Waals surface area contributed by atoms with Gasteiger partial charge in [-0.05, 0) is 30.7 Å². The van der Waals surface area contributed by atoms with Crippen molar-refractivity contribution in [3.05, 3.63) is 29.3 Å². The van der Waals surface area contributed by atoms with Crippen molar-refractivity contribution in [1.82, 2.24) is 10.2 Å². The minimum atomic E-state index is 0.110. The van der Waals surface area contributed by atoms with E-state index in [4.69, 9.17) is 0 Å². The fraction of sp³-hybridized carbons (Fsp3) is 0.500. The van der Waals surface area contributed by atoms with Gasteiger partial charge < -0.3 is 15.5 Å². The quantitative estimate of drug-likeness (QED) is 0.803. The second kappa shape index (κ2) is 4.71. The van der Waals surface area contributed by atoms with Crippen molar-refractivity contribution < 1.29 is 4.79 Å². The van der Waals surface area contributed by atoms with Gasteiger partial charge in [0.25, 0.3) is 0 Å². The van der Waals surface area contributed by atoms with E-state index in [0.29, 0.717) is 12.5 Å². The number of likely N-dealkylation sites (N-methyl/N-ethyl adjacent to an activating group) is 1. The summed E-state index contributed by atoms with van der Waals surface area (Å²) in [6, 6.07) is 6.90. The second-order valence-electron chi connectivity index (χ2n) is 5.26. The van der Waals surface area contributed by atoms with E-state index < -0.39 is 0 Å². The highest BCUT2D eigenvalue weighted by Gasteiger charge is 2.21. The molecule has 1 amide bonds. The van der Waals surface area contributed by atoms with Crippen LogP contribution < -0.4 is 10.6 Å². The van der Waals surface area contributed by atoms with Crippen LogP contribution in [0.5, 0.6) is 0 Å². The highest BCUT2D eigenvalue weighted by Crippen LogP contribution is 2.24. The minimum absolute atomic E-state index is 0.110. The molecule has 18 heavy (non-hydrogen) atoms. The van der Waals surface area contributed by atoms with Gasteiger partial charge in [0.1, 0.15) is 0 Å². The van der Waals surface area contributed by atoms with Crippen molar-refractivity contribution >= 4 is 11.6 Å². The highest BCUT2D eigenvalue weighted by molar-refractivity contribution is 5.99. The number of carbonyl (C=O) groups excluding carboxylic acids is 1. The van der Waals surface area contributed by atoms with Crippen LogP contribution in [0, 0.1) is 0 Å². The molecule has 2 aliphatic rings. The Morgan fingerprint density at radius 2 is 2.33 bits per heavy atom. The number of rotatable bonds is 2. The number of amides is 1. The molecule has 1 fully saturated rings. The first kappa shape index (κ1) is 11.7. The molecular formula is C14H19N3O. The van der Waals surface area contributed by atoms with Crippen molar-refractivity contribution in [2.24, 2.45) is 0 Å². The van der Waals surface area contributed by atoms with Crippen LogP contribution in [0.15, 0.2) is 18.2 Å². The van der Waals surface area contributed by atoms with Gasteiger partial charge in [0, 0.05) is 31.4 Å². The van der Waals surface area contributed by atoms with Gasteiger partial charge in [-0.3, -0.25) is 4.79 Å². The van der Waals surface area contributed by atoms with Crippen LogP contribution in [-0.2, 0) is 17.6 Å². The predicted molar refractivity (Wildman–Crippen MR) is 71.8 cm³/mol. The molecule has 0 bridgehead atoms. The third kappa shape index (κ3) is 2.26. The molecule has 4 heteroatoms. The van der Waals surface area contributed by atoms with Gasteiger partial charge in [-0.1, -0.05) is 12.1 Å². The van der Waals surface area contributed by atoms with Gasteiger partial charge in [0.2, 0.25) is 5.91 Å². The van der Waals surface area contributed by atoms with E-state index in [1.807, 2.05) is 6.07 Å². The summed E-state index contributed by atoms with van der Waals surface area (Å²) in [4.78, 5) is 13.7. The minimum Gasteiger partial charge on any atom is -0.326 e. The lowest BCUT2D eigenvalue weighted by molar-refractivity contribution is -0.115. The first-order chi connectivity index (χ1) is 8.72. The standard InChI is InChI=1S/C14H19N3O/c1-17-5-4-15-9-12(17)7-10-2-3-13-11(6-10)8-14(18)16-13/h2-3,6,12,15H,4-5,7-9H2,1H3,(H,16,18). The van der Waals surface area contributed by atoms with Gasteiger partial charge in [-0.2, -0.15) is 0 Å². The Balaban J connectivity index is 1.73. The summed E-state index contributed by atoms with van der Waals surface area (Å²) in [5.41, 5.74) is 3.45. The number of hydrogen-bond donors (Lipinski definition) is 2. The van der Waals surface area contributed by atoms with Gasteiger partial charge in [0.05, 0.1) is 6.42 Å². The molecule has 1 aromatic rings. The van der Waals surface area contributed by atoms with Gasteiger partial charge >= 0.3 is 0 Å². The molecule has 2 heterocycles. The number of benzene rings is 1. The van der Waals surface area contributed by atoms with E-state index in [9.17, 15) is 4.79 Å². The van der Waals surface area contributed by atoms with Gasteiger partial charge in [0.15, 0.2) is 0 Å². The Morgan fingerprint density at radius 3 is 3.17 bits per heavy atom. The highest BCUT2D eigenvalue weighted by atomic mass is 16.1. The predicted octanol–water partition coefficient (Wildman–Crippen LogP) is 0.627. The summed E-state index contributed by atoms with van der Waals surface area (Å²) >= 11 is 0. The summed E-state index contributed by atoms with van der Waals surface area (Å²) in [6.07, 6.45) is 1.58. The molecule has 1 saturated heterocycles. The molecule has 1 unspecified atom stereocenters. The Kier molecular flexibility index (Phi) is 3.06. The van der Waals surface area contributed by atoms with Gasteiger partial charge in [-0.15, -0.1) is 0 Å². The van der Waals surface area contributed by atoms with Crippen LogP contribution >= 0.6 is 0 Å². The Hall–Kier alpha value is -1.39. The maximum atomic E-state index is 11.3. The van der Waals surface area contributed by atoms with Crippen LogP contribution in [0.4, 0.5) is 5.69 Å². The number of piperazine rings is 1. The maximum Gasteiger partial charge on any atom is 0.228 e. The molecule has 0 aliphatic carbocycles. The fourth-order valence-electron chi connectivity index (χ4n) is 2.77. The van der Waals surface area contributed by atoms with E-state index in [-0.39, 0.29) is 5.91 Å². The molecule has 2 N–H and O–H groups in total. The summed E-state index contributed by atoms with van der Waals surface area (Å²) in [5, 5.41) is 6.31. The molecule has 0 radical (unpaired) electrons. The summed E-state index contributed by atoms with van der Waals surface area (Å²) < 4.78 is 0. The summed E-state index contributed by atoms with van der Waals surface area (Å²) in [5.74, 6) is 0.110. The molecule has 0 saturated carbocycles. The number of hydrogen-bond acceptors (Lipinski definition) is 3. The summed E-state index contributed by atoms with van der Waals surface area (Å²) in [6.45, 7) is 3.23. The number of nitrogens with one attached hydrogen (secondary N) is 2. The zero-order chi connectivity index (χ0) is 12.5. The van der Waals surface area contributed by atoms with Crippen LogP contribution in [0.25, 0.3) is 0 Å². The third-order valence-electron chi connectivity index (χ3n) is 3.91. The van der Waals surface area contributed by atoms with Crippen LogP contribution in [0.1, 0.15) is 11.1 Å². The first-order valence-electron chi connectivity index (χ1n) is 6.55. The maximum absolute atomic E-state index is 11.3. The molecule has 2 aliphatic heterocycles. The van der Waals surface area contributed by atoms with E-state index in [1.54, 1.807) is 0 Å². The normalized spacial score (nSPS) is 23.8. The van der Waals surface area contributed by atoms with E-state index in [0.717, 1.165) is 37.3 Å². The molecule has 3 rings (SSSR count). The van der Waals surface area contributed by atoms with Crippen LogP contribution in [0.2, 0.25) is 0 Å². The lowest BCUT2D eigenvalue weighted by Gasteiger charge is -2.33. The lowest BCUT2D eigenvalue weighted by atomic mass is 10.0. The van der Waals surface area contributed by atoms with Crippen molar-refractivity contribution in [2.75, 3.05) is 32.0 Å². The second-order valence-corrected chi connectivity index (χ2v) is 5.26. The van der Waals surface area contributed by atoms with E-state index in [2.05, 4.69) is 34.7 Å². The van der Waals surface area contributed by atoms with Crippen molar-refractivity contribution in [1.29, 1.82) is 0 Å². The zero-order valence-corrected chi connectivity index (χ0v) is 10.7. The molecule has 4 nitrogen and oxygen atoms in total. The fourth-order valence-corrected chi connectivity index (χ4v) is 2.77. The largest absolute Gasteiger partial charge is 0.326 e. The SMILES string of the molecule is CN1CCNCC1Cc1ccc2c(c1)CC(=O)N2. The van der Waals surface area contributed by atoms with Crippen molar-refractivity contribution in [2.45, 2.75) is 18.9 Å². The zero-order valence-electron chi connectivity index (χ0n) is 10.7. The molecular weight excluding hydrogens is 226 g/mol. The monoisotopic (exact) mass is 245 g/mol. The number of nitrogens with zero attached hydrogens (tertiary/aromatic N) is 1. The molecule has 1 atom stereocenters. The topological polar surface area (TPSA) is 44.4 Å². The van der Waals surface area contributed by atoms with Gasteiger partial charge in [-0.25, -0.2) is 0 Å². The average molecular weight is 245 g/mol. The van der Waals surface area contributed by atoms with E-state index in [1.165, 1.54) is 5.56 Å². The van der Waals surface area contributed by atoms with Crippen molar-refractivity contribution in [3.8, 4) is 0 Å². The lowest BCUT2D eigenvalue weighted by Crippen LogP contribution is -2.50. The number of carbonyl (C=O) groups is 1. The van der Waals surface area contributed by atoms with E-state index >= 15 is 0 Å². The molecule has 0 aromatic heterocycles. The Labute approximate surface area is 107 Å². The third-order valence-corrected chi connectivity index (χ3v) is 3.91. The molecule has 96 valence electrons. The summed E-state index contributed by atoms with van der Waals surface area (Å²) in [7, 11) is 2.18. The molecule has 1 aromatic carbocycles. The van der Waals surface area contributed by atoms with Crippen LogP contribution in [-0.4, -0.2) is 43.5 Å². The Bertz CT molecular complexity index is 472. The number of anilines is 1. The smallest absolute Gasteiger partial charge is 0.228 e. The molecule has 0 spiro atoms.